The van der Waals surface area contributed by atoms with Gasteiger partial charge >= 0.3 is 5.97 Å². The van der Waals surface area contributed by atoms with Crippen molar-refractivity contribution in [2.45, 2.75) is 77.2 Å². The summed E-state index contributed by atoms with van der Waals surface area (Å²) in [7, 11) is 0. The molecule has 0 radical (unpaired) electrons. The van der Waals surface area contributed by atoms with Crippen LogP contribution in [0.3, 0.4) is 0 Å². The van der Waals surface area contributed by atoms with Crippen molar-refractivity contribution in [2.24, 2.45) is 5.41 Å². The molecule has 0 spiro atoms. The number of carbonyl (C=O) groups is 1. The van der Waals surface area contributed by atoms with Gasteiger partial charge in [0.15, 0.2) is 6.10 Å². The van der Waals surface area contributed by atoms with Gasteiger partial charge in [0.25, 0.3) is 0 Å². The van der Waals surface area contributed by atoms with Crippen LogP contribution in [-0.4, -0.2) is 57.1 Å². The van der Waals surface area contributed by atoms with E-state index in [0.29, 0.717) is 5.75 Å². The Balaban J connectivity index is 2.12. The smallest absolute Gasteiger partial charge is 0.335 e. The number of carboxylic acids is 1. The molecular weight excluding hydrogens is 352 g/mol. The van der Waals surface area contributed by atoms with E-state index < -0.39 is 36.7 Å². The summed E-state index contributed by atoms with van der Waals surface area (Å²) in [6.07, 6.45) is -7.11. The fourth-order valence-electron chi connectivity index (χ4n) is 3.70. The first-order chi connectivity index (χ1) is 12.3. The molecule has 7 heteroatoms. The van der Waals surface area contributed by atoms with Crippen LogP contribution < -0.4 is 4.74 Å². The molecule has 0 amide bonds. The second kappa shape index (κ2) is 7.75. The maximum Gasteiger partial charge on any atom is 0.335 e. The second-order valence-electron chi connectivity index (χ2n) is 9.00. The molecule has 27 heavy (non-hydrogen) atoms. The number of rotatable bonds is 5. The number of hydrogen-bond donors (Lipinski definition) is 4. The molecule has 0 aliphatic carbocycles. The number of benzene rings is 1. The van der Waals surface area contributed by atoms with Gasteiger partial charge < -0.3 is 29.9 Å². The van der Waals surface area contributed by atoms with Crippen molar-refractivity contribution in [2.75, 3.05) is 0 Å². The third kappa shape index (κ3) is 5.19. The van der Waals surface area contributed by atoms with Crippen molar-refractivity contribution in [3.63, 3.8) is 0 Å². The lowest BCUT2D eigenvalue weighted by Crippen LogP contribution is -2.61. The lowest BCUT2D eigenvalue weighted by atomic mass is 9.72. The third-order valence-electron chi connectivity index (χ3n) is 4.67. The Morgan fingerprint density at radius 3 is 2.04 bits per heavy atom. The van der Waals surface area contributed by atoms with Gasteiger partial charge in [-0.15, -0.1) is 0 Å². The molecule has 2 unspecified atom stereocenters. The van der Waals surface area contributed by atoms with E-state index in [1.54, 1.807) is 12.1 Å². The van der Waals surface area contributed by atoms with E-state index >= 15 is 0 Å². The Morgan fingerprint density at radius 1 is 1.00 bits per heavy atom. The van der Waals surface area contributed by atoms with E-state index in [-0.39, 0.29) is 10.8 Å². The Kier molecular flexibility index (Phi) is 6.21. The van der Waals surface area contributed by atoms with Crippen LogP contribution in [0.4, 0.5) is 0 Å². The molecule has 0 bridgehead atoms. The Bertz CT molecular complexity index is 647. The topological polar surface area (TPSA) is 116 Å². The van der Waals surface area contributed by atoms with E-state index in [1.165, 1.54) is 0 Å². The number of carboxylic acid groups (broad SMARTS) is 1. The Labute approximate surface area is 159 Å². The van der Waals surface area contributed by atoms with E-state index in [2.05, 4.69) is 34.6 Å². The third-order valence-corrected chi connectivity index (χ3v) is 4.67. The van der Waals surface area contributed by atoms with Crippen LogP contribution in [0.5, 0.6) is 5.75 Å². The molecule has 1 heterocycles. The molecule has 4 N–H and O–H groups in total. The minimum atomic E-state index is -1.74. The van der Waals surface area contributed by atoms with Crippen molar-refractivity contribution in [1.29, 1.82) is 0 Å². The van der Waals surface area contributed by atoms with Gasteiger partial charge in [0, 0.05) is 0 Å². The van der Waals surface area contributed by atoms with Gasteiger partial charge in [-0.1, -0.05) is 46.8 Å². The van der Waals surface area contributed by atoms with Gasteiger partial charge in [0.2, 0.25) is 6.29 Å². The molecule has 1 fully saturated rings. The van der Waals surface area contributed by atoms with Gasteiger partial charge in [-0.2, -0.15) is 0 Å². The van der Waals surface area contributed by atoms with Gasteiger partial charge in [-0.25, -0.2) is 4.79 Å². The molecule has 1 aliphatic heterocycles. The van der Waals surface area contributed by atoms with Gasteiger partial charge in [-0.05, 0) is 34.9 Å². The van der Waals surface area contributed by atoms with Crippen LogP contribution in [0.25, 0.3) is 0 Å². The number of aliphatic hydroxyl groups excluding tert-OH is 3. The van der Waals surface area contributed by atoms with Crippen LogP contribution in [0, 0.1) is 5.41 Å². The Morgan fingerprint density at radius 2 is 1.56 bits per heavy atom. The molecule has 0 aromatic heterocycles. The summed E-state index contributed by atoms with van der Waals surface area (Å²) >= 11 is 0. The van der Waals surface area contributed by atoms with Gasteiger partial charge in [-0.3, -0.25) is 0 Å². The van der Waals surface area contributed by atoms with Gasteiger partial charge in [0.1, 0.15) is 24.1 Å². The lowest BCUT2D eigenvalue weighted by molar-refractivity contribution is -0.271. The highest BCUT2D eigenvalue weighted by Gasteiger charge is 2.48. The Hall–Kier alpha value is -1.67. The summed E-state index contributed by atoms with van der Waals surface area (Å²) < 4.78 is 10.7. The SMILES string of the molecule is CC(C)(C)CC(C)(C)c1ccc(O[C@@H]2O[C@H](C(=O)O)[C@@H](O)C(O)C2O)cc1. The van der Waals surface area contributed by atoms with Crippen molar-refractivity contribution in [3.05, 3.63) is 29.8 Å². The normalized spacial score (nSPS) is 29.4. The molecular formula is C20H30O7. The molecule has 0 saturated carbocycles. The van der Waals surface area contributed by atoms with E-state index in [1.807, 2.05) is 12.1 Å². The molecule has 2 rings (SSSR count). The van der Waals surface area contributed by atoms with Crippen molar-refractivity contribution in [3.8, 4) is 5.75 Å². The van der Waals surface area contributed by atoms with E-state index in [4.69, 9.17) is 14.6 Å². The van der Waals surface area contributed by atoms with Crippen LogP contribution in [0.15, 0.2) is 24.3 Å². The average Bonchev–Trinajstić information content (AvgIpc) is 2.53. The molecule has 7 nitrogen and oxygen atoms in total. The first-order valence-electron chi connectivity index (χ1n) is 9.01. The average molecular weight is 382 g/mol. The first-order valence-corrected chi connectivity index (χ1v) is 9.01. The molecule has 1 aromatic carbocycles. The minimum absolute atomic E-state index is 0.0493. The predicted molar refractivity (Wildman–Crippen MR) is 98.5 cm³/mol. The van der Waals surface area contributed by atoms with E-state index in [0.717, 1.165) is 12.0 Å². The highest BCUT2D eigenvalue weighted by Crippen LogP contribution is 2.37. The minimum Gasteiger partial charge on any atom is -0.479 e. The molecule has 152 valence electrons. The van der Waals surface area contributed by atoms with Crippen molar-refractivity contribution >= 4 is 5.97 Å². The van der Waals surface area contributed by atoms with Crippen molar-refractivity contribution in [1.82, 2.24) is 0 Å². The summed E-state index contributed by atoms with van der Waals surface area (Å²) in [5.41, 5.74) is 1.24. The highest BCUT2D eigenvalue weighted by atomic mass is 16.7. The zero-order chi connectivity index (χ0) is 20.6. The van der Waals surface area contributed by atoms with Crippen LogP contribution in [-0.2, 0) is 14.9 Å². The largest absolute Gasteiger partial charge is 0.479 e. The zero-order valence-electron chi connectivity index (χ0n) is 16.4. The number of hydrogen-bond acceptors (Lipinski definition) is 6. The summed E-state index contributed by atoms with van der Waals surface area (Å²) in [6, 6.07) is 7.25. The number of aliphatic carboxylic acids is 1. The molecule has 1 aromatic rings. The standard InChI is InChI=1S/C20H30O7/c1-19(2,3)10-20(4,5)11-6-8-12(9-7-11)26-18-15(23)13(21)14(22)16(27-18)17(24)25/h6-9,13-16,18,21-23H,10H2,1-5H3,(H,24,25)/t13?,14-,15?,16-,18+/m0/s1. The van der Waals surface area contributed by atoms with Crippen LogP contribution >= 0.6 is 0 Å². The molecule has 1 saturated heterocycles. The fourth-order valence-corrected chi connectivity index (χ4v) is 3.70. The van der Waals surface area contributed by atoms with Crippen LogP contribution in [0.2, 0.25) is 0 Å². The number of aliphatic hydroxyl groups is 3. The first kappa shape index (κ1) is 21.6. The lowest BCUT2D eigenvalue weighted by Gasteiger charge is -2.38. The fraction of sp³-hybridized carbons (Fsp3) is 0.650. The summed E-state index contributed by atoms with van der Waals surface area (Å²) in [5.74, 6) is -1.08. The maximum atomic E-state index is 11.2. The van der Waals surface area contributed by atoms with Crippen LogP contribution in [0.1, 0.15) is 46.6 Å². The second-order valence-corrected chi connectivity index (χ2v) is 9.00. The maximum absolute atomic E-state index is 11.2. The highest BCUT2D eigenvalue weighted by molar-refractivity contribution is 5.73. The quantitative estimate of drug-likeness (QED) is 0.612. The molecule has 5 atom stereocenters. The zero-order valence-corrected chi connectivity index (χ0v) is 16.4. The predicted octanol–water partition coefficient (Wildman–Crippen LogP) is 1.67. The van der Waals surface area contributed by atoms with Gasteiger partial charge in [0.05, 0.1) is 0 Å². The number of ether oxygens (including phenoxy) is 2. The summed E-state index contributed by atoms with van der Waals surface area (Å²) in [6.45, 7) is 10.9. The summed E-state index contributed by atoms with van der Waals surface area (Å²) in [5, 5.41) is 38.7. The summed E-state index contributed by atoms with van der Waals surface area (Å²) in [4.78, 5) is 11.2. The van der Waals surface area contributed by atoms with E-state index in [9.17, 15) is 20.1 Å². The van der Waals surface area contributed by atoms with Crippen molar-refractivity contribution < 1.29 is 34.7 Å². The molecule has 1 aliphatic rings. The monoisotopic (exact) mass is 382 g/mol.